The maximum atomic E-state index is 12.5. The van der Waals surface area contributed by atoms with Crippen molar-refractivity contribution < 1.29 is 14.3 Å². The summed E-state index contributed by atoms with van der Waals surface area (Å²) in [7, 11) is 0. The quantitative estimate of drug-likeness (QED) is 0.380. The lowest BCUT2D eigenvalue weighted by Crippen LogP contribution is -2.03. The molecule has 0 spiro atoms. The lowest BCUT2D eigenvalue weighted by atomic mass is 10.0. The third kappa shape index (κ3) is 6.70. The van der Waals surface area contributed by atoms with Crippen molar-refractivity contribution in [1.29, 1.82) is 0 Å². The lowest BCUT2D eigenvalue weighted by molar-refractivity contribution is 0.0993. The highest BCUT2D eigenvalue weighted by Gasteiger charge is 2.07. The van der Waals surface area contributed by atoms with E-state index in [2.05, 4.69) is 9.98 Å². The van der Waals surface area contributed by atoms with Crippen LogP contribution >= 0.6 is 0 Å². The van der Waals surface area contributed by atoms with Gasteiger partial charge in [0.1, 0.15) is 0 Å². The van der Waals surface area contributed by atoms with Gasteiger partial charge in [0.15, 0.2) is 17.6 Å². The molecule has 0 aromatic heterocycles. The van der Waals surface area contributed by atoms with Crippen LogP contribution in [0, 0.1) is 0 Å². The Bertz CT molecular complexity index is 806. The second-order valence-corrected chi connectivity index (χ2v) is 5.94. The van der Waals surface area contributed by atoms with E-state index in [1.54, 1.807) is 12.1 Å². The zero-order chi connectivity index (χ0) is 19.6. The molecule has 0 N–H and O–H groups in total. The summed E-state index contributed by atoms with van der Waals surface area (Å²) >= 11 is 0. The van der Waals surface area contributed by atoms with Gasteiger partial charge in [0.25, 0.3) is 0 Å². The third-order valence-corrected chi connectivity index (χ3v) is 3.77. The van der Waals surface area contributed by atoms with Gasteiger partial charge in [-0.05, 0) is 55.8 Å². The van der Waals surface area contributed by atoms with Crippen LogP contribution in [0.15, 0.2) is 58.5 Å². The van der Waals surface area contributed by atoms with Crippen molar-refractivity contribution in [3.05, 3.63) is 59.7 Å². The van der Waals surface area contributed by atoms with Gasteiger partial charge in [-0.2, -0.15) is 0 Å². The highest BCUT2D eigenvalue weighted by atomic mass is 16.5. The summed E-state index contributed by atoms with van der Waals surface area (Å²) in [6.07, 6.45) is 0.342. The average molecular weight is 366 g/mol. The molecule has 5 heteroatoms. The Morgan fingerprint density at radius 3 is 1.67 bits per heavy atom. The van der Waals surface area contributed by atoms with E-state index >= 15 is 0 Å². The number of hydrogen-bond acceptors (Lipinski definition) is 5. The number of benzene rings is 2. The van der Waals surface area contributed by atoms with E-state index < -0.39 is 0 Å². The number of Topliss-reactive ketones (excluding diaryl/α,β-unsaturated/α-hetero) is 1. The second kappa shape index (κ2) is 10.3. The summed E-state index contributed by atoms with van der Waals surface area (Å²) in [5, 5.41) is 0. The summed E-state index contributed by atoms with van der Waals surface area (Å²) < 4.78 is 10.6. The lowest BCUT2D eigenvalue weighted by Gasteiger charge is -2.05. The predicted octanol–water partition coefficient (Wildman–Crippen LogP) is 5.28. The van der Waals surface area contributed by atoms with Crippen LogP contribution in [0.3, 0.4) is 0 Å². The number of carbonyl (C=O) groups is 1. The summed E-state index contributed by atoms with van der Waals surface area (Å²) in [6.45, 7) is 8.65. The Morgan fingerprint density at radius 1 is 0.778 bits per heavy atom. The monoisotopic (exact) mass is 366 g/mol. The Labute approximate surface area is 160 Å². The highest BCUT2D eigenvalue weighted by Crippen LogP contribution is 2.18. The number of nitrogens with zero attached hydrogens (tertiary/aromatic N) is 2. The molecule has 2 rings (SSSR count). The Balaban J connectivity index is 2.00. The first-order chi connectivity index (χ1) is 13.0. The van der Waals surface area contributed by atoms with Gasteiger partial charge in [-0.3, -0.25) is 4.79 Å². The summed E-state index contributed by atoms with van der Waals surface area (Å²) in [5.74, 6) is 1.30. The van der Waals surface area contributed by atoms with Crippen LogP contribution in [0.25, 0.3) is 0 Å². The SMILES string of the molecule is CCOC(C)=Nc1ccc(CC(=O)c2ccc(N=C(C)OCC)cc2)cc1. The van der Waals surface area contributed by atoms with Gasteiger partial charge in [-0.15, -0.1) is 0 Å². The first-order valence-corrected chi connectivity index (χ1v) is 9.10. The summed E-state index contributed by atoms with van der Waals surface area (Å²) in [6, 6.07) is 14.8. The van der Waals surface area contributed by atoms with Gasteiger partial charge in [-0.1, -0.05) is 12.1 Å². The van der Waals surface area contributed by atoms with Crippen molar-refractivity contribution in [3.8, 4) is 0 Å². The van der Waals surface area contributed by atoms with Gasteiger partial charge in [0.2, 0.25) is 0 Å². The van der Waals surface area contributed by atoms with Crippen molar-refractivity contribution in [3.63, 3.8) is 0 Å². The zero-order valence-electron chi connectivity index (χ0n) is 16.4. The van der Waals surface area contributed by atoms with E-state index in [9.17, 15) is 4.79 Å². The van der Waals surface area contributed by atoms with Gasteiger partial charge in [0, 0.05) is 25.8 Å². The number of rotatable bonds is 7. The van der Waals surface area contributed by atoms with Crippen LogP contribution < -0.4 is 0 Å². The average Bonchev–Trinajstić information content (AvgIpc) is 2.64. The molecular formula is C22H26N2O3. The topological polar surface area (TPSA) is 60.2 Å². The molecular weight excluding hydrogens is 340 g/mol. The van der Waals surface area contributed by atoms with E-state index in [4.69, 9.17) is 9.47 Å². The standard InChI is InChI=1S/C22H26N2O3/c1-5-26-16(3)23-20-11-7-18(8-12-20)15-22(25)19-9-13-21(14-10-19)24-17(4)27-6-2/h7-14H,5-6,15H2,1-4H3. The highest BCUT2D eigenvalue weighted by molar-refractivity contribution is 5.97. The van der Waals surface area contributed by atoms with Crippen LogP contribution in [0.5, 0.6) is 0 Å². The third-order valence-electron chi connectivity index (χ3n) is 3.77. The van der Waals surface area contributed by atoms with Gasteiger partial charge < -0.3 is 9.47 Å². The predicted molar refractivity (Wildman–Crippen MR) is 110 cm³/mol. The number of carbonyl (C=O) groups excluding carboxylic acids is 1. The van der Waals surface area contributed by atoms with Crippen molar-refractivity contribution >= 4 is 29.0 Å². The van der Waals surface area contributed by atoms with Crippen molar-refractivity contribution in [2.45, 2.75) is 34.1 Å². The van der Waals surface area contributed by atoms with Crippen LogP contribution in [0.2, 0.25) is 0 Å². The summed E-state index contributed by atoms with van der Waals surface area (Å²) in [4.78, 5) is 21.2. The molecule has 0 radical (unpaired) electrons. The molecule has 142 valence electrons. The van der Waals surface area contributed by atoms with Crippen LogP contribution in [-0.2, 0) is 15.9 Å². The number of aliphatic imine (C=N–C) groups is 2. The van der Waals surface area contributed by atoms with Gasteiger partial charge in [0.05, 0.1) is 24.6 Å². The number of ketones is 1. The smallest absolute Gasteiger partial charge is 0.185 e. The molecule has 2 aromatic carbocycles. The van der Waals surface area contributed by atoms with Crippen molar-refractivity contribution in [2.75, 3.05) is 13.2 Å². The van der Waals surface area contributed by atoms with E-state index in [1.807, 2.05) is 64.1 Å². The molecule has 2 aromatic rings. The molecule has 0 aliphatic heterocycles. The van der Waals surface area contributed by atoms with Crippen LogP contribution in [0.4, 0.5) is 11.4 Å². The zero-order valence-corrected chi connectivity index (χ0v) is 16.4. The Kier molecular flexibility index (Phi) is 7.74. The normalized spacial score (nSPS) is 12.0. The molecule has 5 nitrogen and oxygen atoms in total. The minimum atomic E-state index is 0.0637. The van der Waals surface area contributed by atoms with E-state index in [-0.39, 0.29) is 5.78 Å². The minimum Gasteiger partial charge on any atom is -0.481 e. The maximum absolute atomic E-state index is 12.5. The van der Waals surface area contributed by atoms with E-state index in [0.29, 0.717) is 37.0 Å². The fourth-order valence-electron chi connectivity index (χ4n) is 2.54. The minimum absolute atomic E-state index is 0.0637. The van der Waals surface area contributed by atoms with Crippen LogP contribution in [0.1, 0.15) is 43.6 Å². The Hall–Kier alpha value is -2.95. The van der Waals surface area contributed by atoms with Crippen molar-refractivity contribution in [1.82, 2.24) is 0 Å². The number of hydrogen-bond donors (Lipinski definition) is 0. The van der Waals surface area contributed by atoms with Crippen molar-refractivity contribution in [2.24, 2.45) is 9.98 Å². The molecule has 0 saturated carbocycles. The van der Waals surface area contributed by atoms with E-state index in [0.717, 1.165) is 16.9 Å². The second-order valence-electron chi connectivity index (χ2n) is 5.94. The maximum Gasteiger partial charge on any atom is 0.185 e. The molecule has 0 fully saturated rings. The molecule has 0 aliphatic rings. The summed E-state index contributed by atoms with van der Waals surface area (Å²) in [5.41, 5.74) is 3.19. The fraction of sp³-hybridized carbons (Fsp3) is 0.318. The molecule has 0 unspecified atom stereocenters. The molecule has 0 atom stereocenters. The Morgan fingerprint density at radius 2 is 1.22 bits per heavy atom. The largest absolute Gasteiger partial charge is 0.481 e. The first-order valence-electron chi connectivity index (χ1n) is 9.10. The molecule has 0 aliphatic carbocycles. The fourth-order valence-corrected chi connectivity index (χ4v) is 2.54. The van der Waals surface area contributed by atoms with Gasteiger partial charge in [-0.25, -0.2) is 9.98 Å². The molecule has 0 saturated heterocycles. The van der Waals surface area contributed by atoms with Gasteiger partial charge >= 0.3 is 0 Å². The molecule has 27 heavy (non-hydrogen) atoms. The first kappa shape index (κ1) is 20.4. The molecule has 0 heterocycles. The number of ether oxygens (including phenoxy) is 2. The van der Waals surface area contributed by atoms with E-state index in [1.165, 1.54) is 0 Å². The molecule has 0 bridgehead atoms. The molecule has 0 amide bonds. The van der Waals surface area contributed by atoms with Crippen LogP contribution in [-0.4, -0.2) is 30.8 Å².